The van der Waals surface area contributed by atoms with Gasteiger partial charge in [0.05, 0.1) is 7.11 Å². The molecule has 0 heterocycles. The summed E-state index contributed by atoms with van der Waals surface area (Å²) in [6.45, 7) is 6.48. The van der Waals surface area contributed by atoms with E-state index in [0.717, 1.165) is 36.0 Å². The molecule has 0 unspecified atom stereocenters. The van der Waals surface area contributed by atoms with Crippen molar-refractivity contribution in [2.45, 2.75) is 26.8 Å². The molecule has 1 aromatic rings. The van der Waals surface area contributed by atoms with Crippen molar-refractivity contribution in [3.05, 3.63) is 23.8 Å². The summed E-state index contributed by atoms with van der Waals surface area (Å²) >= 11 is 0. The van der Waals surface area contributed by atoms with Crippen molar-refractivity contribution in [3.8, 4) is 5.75 Å². The Bertz CT molecular complexity index is 350. The minimum absolute atomic E-state index is 0.741. The molecule has 0 saturated heterocycles. The van der Waals surface area contributed by atoms with Crippen LogP contribution in [0.5, 0.6) is 5.75 Å². The van der Waals surface area contributed by atoms with Crippen LogP contribution in [0.1, 0.15) is 25.8 Å². The molecule has 1 aromatic carbocycles. The topological polar surface area (TPSA) is 38.5 Å². The number of hydrogen-bond acceptors (Lipinski definition) is 3. The fourth-order valence-electron chi connectivity index (χ4n) is 1.69. The summed E-state index contributed by atoms with van der Waals surface area (Å²) in [5.41, 5.74) is 7.96. The van der Waals surface area contributed by atoms with E-state index in [2.05, 4.69) is 25.8 Å². The van der Waals surface area contributed by atoms with Crippen LogP contribution in [0.3, 0.4) is 0 Å². The largest absolute Gasteiger partial charge is 0.497 e. The summed E-state index contributed by atoms with van der Waals surface area (Å²) < 4.78 is 5.14. The molecule has 2 N–H and O–H groups in total. The van der Waals surface area contributed by atoms with E-state index in [9.17, 15) is 0 Å². The zero-order valence-corrected chi connectivity index (χ0v) is 11.4. The van der Waals surface area contributed by atoms with E-state index in [1.54, 1.807) is 7.11 Å². The first kappa shape index (κ1) is 13.8. The Kier molecular flexibility index (Phi) is 5.29. The first-order valence-corrected chi connectivity index (χ1v) is 6.14. The average molecular weight is 236 g/mol. The molecule has 0 amide bonds. The summed E-state index contributed by atoms with van der Waals surface area (Å²) in [5.74, 6) is 1.56. The highest BCUT2D eigenvalue weighted by molar-refractivity contribution is 5.51. The first-order valence-electron chi connectivity index (χ1n) is 6.14. The van der Waals surface area contributed by atoms with Crippen LogP contribution in [0.4, 0.5) is 5.69 Å². The number of anilines is 1. The van der Waals surface area contributed by atoms with Crippen molar-refractivity contribution >= 4 is 5.69 Å². The van der Waals surface area contributed by atoms with Crippen LogP contribution in [0.15, 0.2) is 18.2 Å². The minimum Gasteiger partial charge on any atom is -0.497 e. The molecule has 3 nitrogen and oxygen atoms in total. The van der Waals surface area contributed by atoms with Gasteiger partial charge in [0.25, 0.3) is 0 Å². The molecule has 0 fully saturated rings. The number of nitrogens with two attached hydrogens (primary N) is 1. The van der Waals surface area contributed by atoms with Gasteiger partial charge in [0.1, 0.15) is 5.75 Å². The van der Waals surface area contributed by atoms with Gasteiger partial charge >= 0.3 is 0 Å². The molecular formula is C14H24N2O. The molecule has 1 rings (SSSR count). The van der Waals surface area contributed by atoms with Crippen LogP contribution < -0.4 is 10.5 Å². The fraction of sp³-hybridized carbons (Fsp3) is 0.571. The summed E-state index contributed by atoms with van der Waals surface area (Å²) in [7, 11) is 3.79. The maximum absolute atomic E-state index is 5.99. The molecule has 0 radical (unpaired) electrons. The predicted octanol–water partition coefficient (Wildman–Crippen LogP) is 2.76. The molecule has 0 aromatic heterocycles. The number of nitrogens with zero attached hydrogens (tertiary/aromatic N) is 1. The molecule has 17 heavy (non-hydrogen) atoms. The third kappa shape index (κ3) is 4.65. The van der Waals surface area contributed by atoms with Gasteiger partial charge in [-0.15, -0.1) is 0 Å². The van der Waals surface area contributed by atoms with Crippen molar-refractivity contribution in [2.24, 2.45) is 5.92 Å². The average Bonchev–Trinajstić information content (AvgIpc) is 2.29. The highest BCUT2D eigenvalue weighted by Gasteiger charge is 2.05. The van der Waals surface area contributed by atoms with E-state index < -0.39 is 0 Å². The van der Waals surface area contributed by atoms with Gasteiger partial charge in [-0.1, -0.05) is 19.9 Å². The smallest absolute Gasteiger partial charge is 0.120 e. The van der Waals surface area contributed by atoms with E-state index in [4.69, 9.17) is 10.5 Å². The Morgan fingerprint density at radius 3 is 2.59 bits per heavy atom. The second kappa shape index (κ2) is 6.50. The third-order valence-corrected chi connectivity index (χ3v) is 2.88. The highest BCUT2D eigenvalue weighted by atomic mass is 16.5. The van der Waals surface area contributed by atoms with E-state index >= 15 is 0 Å². The summed E-state index contributed by atoms with van der Waals surface area (Å²) in [6.07, 6.45) is 1.21. The molecule has 0 saturated carbocycles. The number of benzene rings is 1. The second-order valence-electron chi connectivity index (χ2n) is 4.99. The lowest BCUT2D eigenvalue weighted by Gasteiger charge is -2.19. The van der Waals surface area contributed by atoms with Crippen LogP contribution in [0, 0.1) is 5.92 Å². The molecule has 0 aliphatic heterocycles. The van der Waals surface area contributed by atoms with E-state index in [-0.39, 0.29) is 0 Å². The van der Waals surface area contributed by atoms with Crippen LogP contribution in [-0.2, 0) is 6.54 Å². The number of hydrogen-bond donors (Lipinski definition) is 1. The lowest BCUT2D eigenvalue weighted by molar-refractivity contribution is 0.304. The van der Waals surface area contributed by atoms with E-state index in [1.165, 1.54) is 6.42 Å². The normalized spacial score (nSPS) is 11.2. The maximum atomic E-state index is 5.99. The lowest BCUT2D eigenvalue weighted by atomic mass is 10.1. The molecular weight excluding hydrogens is 212 g/mol. The van der Waals surface area contributed by atoms with Crippen molar-refractivity contribution in [2.75, 3.05) is 26.4 Å². The Balaban J connectivity index is 2.56. The van der Waals surface area contributed by atoms with Gasteiger partial charge < -0.3 is 15.4 Å². The SMILES string of the molecule is COc1ccc(CN(C)CCC(C)C)c(N)c1. The first-order chi connectivity index (χ1) is 8.02. The number of methoxy groups -OCH3 is 1. The standard InChI is InChI=1S/C14H24N2O/c1-11(2)7-8-16(3)10-12-5-6-13(17-4)9-14(12)15/h5-6,9,11H,7-8,10,15H2,1-4H3. The van der Waals surface area contributed by atoms with Gasteiger partial charge in [0.2, 0.25) is 0 Å². The maximum Gasteiger partial charge on any atom is 0.120 e. The van der Waals surface area contributed by atoms with Gasteiger partial charge in [-0.05, 0) is 37.6 Å². The van der Waals surface area contributed by atoms with Crippen molar-refractivity contribution in [1.82, 2.24) is 4.90 Å². The third-order valence-electron chi connectivity index (χ3n) is 2.88. The van der Waals surface area contributed by atoms with Gasteiger partial charge in [-0.3, -0.25) is 0 Å². The van der Waals surface area contributed by atoms with Crippen LogP contribution in [-0.4, -0.2) is 25.6 Å². The van der Waals surface area contributed by atoms with Gasteiger partial charge in [0, 0.05) is 18.3 Å². The molecule has 0 bridgehead atoms. The van der Waals surface area contributed by atoms with Crippen LogP contribution in [0.2, 0.25) is 0 Å². The van der Waals surface area contributed by atoms with E-state index in [0.29, 0.717) is 0 Å². The van der Waals surface area contributed by atoms with Crippen LogP contribution >= 0.6 is 0 Å². The quantitative estimate of drug-likeness (QED) is 0.772. The fourth-order valence-corrected chi connectivity index (χ4v) is 1.69. The van der Waals surface area contributed by atoms with Gasteiger partial charge in [0.15, 0.2) is 0 Å². The highest BCUT2D eigenvalue weighted by Crippen LogP contribution is 2.20. The molecule has 96 valence electrons. The van der Waals surface area contributed by atoms with Crippen molar-refractivity contribution in [1.29, 1.82) is 0 Å². The molecule has 0 spiro atoms. The summed E-state index contributed by atoms with van der Waals surface area (Å²) in [6, 6.07) is 5.88. The summed E-state index contributed by atoms with van der Waals surface area (Å²) in [5, 5.41) is 0. The van der Waals surface area contributed by atoms with Gasteiger partial charge in [-0.2, -0.15) is 0 Å². The zero-order valence-electron chi connectivity index (χ0n) is 11.4. The Morgan fingerprint density at radius 2 is 2.06 bits per heavy atom. The lowest BCUT2D eigenvalue weighted by Crippen LogP contribution is -2.21. The Labute approximate surface area is 105 Å². The Hall–Kier alpha value is -1.22. The van der Waals surface area contributed by atoms with Crippen molar-refractivity contribution in [3.63, 3.8) is 0 Å². The minimum atomic E-state index is 0.741. The predicted molar refractivity (Wildman–Crippen MR) is 73.2 cm³/mol. The summed E-state index contributed by atoms with van der Waals surface area (Å²) in [4.78, 5) is 2.30. The second-order valence-corrected chi connectivity index (χ2v) is 4.99. The molecule has 0 atom stereocenters. The molecule has 0 aliphatic carbocycles. The molecule has 0 aliphatic rings. The number of ether oxygens (including phenoxy) is 1. The van der Waals surface area contributed by atoms with Gasteiger partial charge in [-0.25, -0.2) is 0 Å². The Morgan fingerprint density at radius 1 is 1.35 bits per heavy atom. The van der Waals surface area contributed by atoms with Crippen LogP contribution in [0.25, 0.3) is 0 Å². The monoisotopic (exact) mass is 236 g/mol. The number of rotatable bonds is 6. The number of nitrogen functional groups attached to an aromatic ring is 1. The van der Waals surface area contributed by atoms with E-state index in [1.807, 2.05) is 18.2 Å². The van der Waals surface area contributed by atoms with Crippen molar-refractivity contribution < 1.29 is 4.74 Å². The molecule has 3 heteroatoms. The zero-order chi connectivity index (χ0) is 12.8.